The van der Waals surface area contributed by atoms with Crippen LogP contribution in [-0.4, -0.2) is 21.0 Å². The molecule has 0 saturated heterocycles. The molecule has 1 heterocycles. The number of nitrogens with zero attached hydrogens (tertiary/aromatic N) is 1. The third-order valence-electron chi connectivity index (χ3n) is 4.31. The lowest BCUT2D eigenvalue weighted by Crippen LogP contribution is -2.03. The molecule has 0 atom stereocenters. The molecule has 0 bridgehead atoms. The van der Waals surface area contributed by atoms with Crippen molar-refractivity contribution in [2.75, 3.05) is 6.61 Å². The molecule has 3 aromatic rings. The minimum absolute atomic E-state index is 0.0437. The number of rotatable bonds is 6. The molecular formula is C23H19NO5S. The molecule has 3 rings (SSSR count). The van der Waals surface area contributed by atoms with Gasteiger partial charge < -0.3 is 9.15 Å². The third kappa shape index (κ3) is 4.50. The van der Waals surface area contributed by atoms with Gasteiger partial charge in [0.1, 0.15) is 17.6 Å². The number of nitriles is 1. The summed E-state index contributed by atoms with van der Waals surface area (Å²) in [6.07, 6.45) is 1.20. The van der Waals surface area contributed by atoms with Gasteiger partial charge in [0.25, 0.3) is 0 Å². The maximum Gasteiger partial charge on any atom is 0.338 e. The molecule has 0 radical (unpaired) electrons. The Labute approximate surface area is 174 Å². The fourth-order valence-corrected chi connectivity index (χ4v) is 3.85. The van der Waals surface area contributed by atoms with E-state index in [0.717, 1.165) is 5.56 Å². The van der Waals surface area contributed by atoms with Gasteiger partial charge in [-0.05, 0) is 50.2 Å². The van der Waals surface area contributed by atoms with Crippen LogP contribution in [0.1, 0.15) is 28.6 Å². The van der Waals surface area contributed by atoms with Gasteiger partial charge in [-0.3, -0.25) is 0 Å². The number of benzene rings is 2. The maximum atomic E-state index is 12.7. The number of sulfone groups is 1. The molecule has 0 fully saturated rings. The summed E-state index contributed by atoms with van der Waals surface area (Å²) in [5, 5.41) is 9.41. The number of carbonyl (C=O) groups is 1. The predicted octanol–water partition coefficient (Wildman–Crippen LogP) is 4.77. The Morgan fingerprint density at radius 2 is 1.73 bits per heavy atom. The Morgan fingerprint density at radius 3 is 2.33 bits per heavy atom. The van der Waals surface area contributed by atoms with Crippen molar-refractivity contribution in [3.8, 4) is 17.4 Å². The van der Waals surface area contributed by atoms with Crippen molar-refractivity contribution in [2.45, 2.75) is 18.7 Å². The molecule has 0 unspecified atom stereocenters. The minimum atomic E-state index is -3.95. The summed E-state index contributed by atoms with van der Waals surface area (Å²) in [6.45, 7) is 3.88. The van der Waals surface area contributed by atoms with Gasteiger partial charge in [-0.25, -0.2) is 13.2 Å². The summed E-state index contributed by atoms with van der Waals surface area (Å²) < 4.78 is 36.1. The summed E-state index contributed by atoms with van der Waals surface area (Å²) in [5.41, 5.74) is 2.03. The van der Waals surface area contributed by atoms with Crippen LogP contribution in [-0.2, 0) is 14.6 Å². The predicted molar refractivity (Wildman–Crippen MR) is 112 cm³/mol. The first-order valence-electron chi connectivity index (χ1n) is 9.16. The van der Waals surface area contributed by atoms with E-state index in [9.17, 15) is 18.5 Å². The number of ether oxygens (including phenoxy) is 1. The number of hydrogen-bond donors (Lipinski definition) is 0. The molecule has 30 heavy (non-hydrogen) atoms. The van der Waals surface area contributed by atoms with Gasteiger partial charge in [0.05, 0.1) is 17.1 Å². The van der Waals surface area contributed by atoms with Crippen molar-refractivity contribution in [2.24, 2.45) is 0 Å². The molecule has 0 aliphatic carbocycles. The first-order chi connectivity index (χ1) is 14.3. The third-order valence-corrected chi connectivity index (χ3v) is 5.99. The number of aryl methyl sites for hydroxylation is 1. The Balaban J connectivity index is 1.87. The minimum Gasteiger partial charge on any atom is -0.462 e. The normalized spacial score (nSPS) is 11.7. The first-order valence-corrected chi connectivity index (χ1v) is 10.6. The van der Waals surface area contributed by atoms with Crippen LogP contribution in [0.4, 0.5) is 0 Å². The van der Waals surface area contributed by atoms with Crippen molar-refractivity contribution >= 4 is 21.9 Å². The van der Waals surface area contributed by atoms with Gasteiger partial charge in [0.15, 0.2) is 4.91 Å². The summed E-state index contributed by atoms with van der Waals surface area (Å²) in [7, 11) is -3.95. The average Bonchev–Trinajstić information content (AvgIpc) is 3.21. The van der Waals surface area contributed by atoms with E-state index in [0.29, 0.717) is 23.5 Å². The fraction of sp³-hybridized carbons (Fsp3) is 0.130. The monoisotopic (exact) mass is 421 g/mol. The molecule has 1 aromatic heterocycles. The Hall–Kier alpha value is -3.63. The molecular weight excluding hydrogens is 402 g/mol. The highest BCUT2D eigenvalue weighted by Gasteiger charge is 2.21. The highest BCUT2D eigenvalue weighted by Crippen LogP contribution is 2.26. The molecule has 152 valence electrons. The number of esters is 1. The van der Waals surface area contributed by atoms with Crippen molar-refractivity contribution in [3.63, 3.8) is 0 Å². The topological polar surface area (TPSA) is 97.4 Å². The van der Waals surface area contributed by atoms with Crippen molar-refractivity contribution in [3.05, 3.63) is 82.5 Å². The highest BCUT2D eigenvalue weighted by molar-refractivity contribution is 7.95. The smallest absolute Gasteiger partial charge is 0.338 e. The van der Waals surface area contributed by atoms with Crippen LogP contribution in [0.3, 0.4) is 0 Å². The Bertz CT molecular complexity index is 1230. The van der Waals surface area contributed by atoms with E-state index in [1.807, 2.05) is 6.92 Å². The standard InChI is InChI=1S/C23H19NO5S/c1-3-28-23(25)18-8-6-17(7-9-18)22-13-10-19(29-22)14-21(15-24)30(26,27)20-11-4-16(2)5-12-20/h4-14H,3H2,1-2H3. The molecule has 2 aromatic carbocycles. The Morgan fingerprint density at radius 1 is 1.07 bits per heavy atom. The molecule has 0 amide bonds. The van der Waals surface area contributed by atoms with E-state index < -0.39 is 20.7 Å². The van der Waals surface area contributed by atoms with Gasteiger partial charge in [-0.2, -0.15) is 5.26 Å². The van der Waals surface area contributed by atoms with Gasteiger partial charge in [0, 0.05) is 11.6 Å². The molecule has 7 heteroatoms. The fourth-order valence-electron chi connectivity index (χ4n) is 2.71. The van der Waals surface area contributed by atoms with Crippen LogP contribution < -0.4 is 0 Å². The molecule has 0 saturated carbocycles. The van der Waals surface area contributed by atoms with E-state index in [1.54, 1.807) is 61.5 Å². The van der Waals surface area contributed by atoms with E-state index in [4.69, 9.17) is 9.15 Å². The molecule has 0 spiro atoms. The first kappa shape index (κ1) is 21.1. The average molecular weight is 421 g/mol. The highest BCUT2D eigenvalue weighted by atomic mass is 32.2. The molecule has 0 N–H and O–H groups in total. The summed E-state index contributed by atoms with van der Waals surface area (Å²) >= 11 is 0. The van der Waals surface area contributed by atoms with Gasteiger partial charge in [0.2, 0.25) is 9.84 Å². The van der Waals surface area contributed by atoms with Crippen LogP contribution >= 0.6 is 0 Å². The van der Waals surface area contributed by atoms with Gasteiger partial charge in [-0.1, -0.05) is 29.8 Å². The number of furan rings is 1. The van der Waals surface area contributed by atoms with E-state index >= 15 is 0 Å². The largest absolute Gasteiger partial charge is 0.462 e. The van der Waals surface area contributed by atoms with Gasteiger partial charge >= 0.3 is 5.97 Å². The van der Waals surface area contributed by atoms with Crippen molar-refractivity contribution < 1.29 is 22.4 Å². The number of allylic oxidation sites excluding steroid dienone is 1. The van der Waals surface area contributed by atoms with Crippen LogP contribution in [0.15, 0.2) is 74.9 Å². The number of carbonyl (C=O) groups excluding carboxylic acids is 1. The van der Waals surface area contributed by atoms with Crippen LogP contribution in [0.2, 0.25) is 0 Å². The molecule has 0 aliphatic rings. The number of hydrogen-bond acceptors (Lipinski definition) is 6. The van der Waals surface area contributed by atoms with E-state index in [-0.39, 0.29) is 10.7 Å². The summed E-state index contributed by atoms with van der Waals surface area (Å²) in [6, 6.07) is 17.9. The van der Waals surface area contributed by atoms with Crippen LogP contribution in [0.5, 0.6) is 0 Å². The second-order valence-electron chi connectivity index (χ2n) is 6.44. The lowest BCUT2D eigenvalue weighted by Gasteiger charge is -2.03. The second kappa shape index (κ2) is 8.80. The molecule has 0 aliphatic heterocycles. The van der Waals surface area contributed by atoms with Crippen molar-refractivity contribution in [1.82, 2.24) is 0 Å². The van der Waals surface area contributed by atoms with Crippen LogP contribution in [0.25, 0.3) is 17.4 Å². The lowest BCUT2D eigenvalue weighted by molar-refractivity contribution is 0.0526. The van der Waals surface area contributed by atoms with Crippen LogP contribution in [0, 0.1) is 18.3 Å². The Kier molecular flexibility index (Phi) is 6.19. The summed E-state index contributed by atoms with van der Waals surface area (Å²) in [5.74, 6) is 0.292. The maximum absolute atomic E-state index is 12.7. The summed E-state index contributed by atoms with van der Waals surface area (Å²) in [4.78, 5) is 11.4. The van der Waals surface area contributed by atoms with E-state index in [2.05, 4.69) is 0 Å². The quantitative estimate of drug-likeness (QED) is 0.420. The van der Waals surface area contributed by atoms with Gasteiger partial charge in [-0.15, -0.1) is 0 Å². The SMILES string of the molecule is CCOC(=O)c1ccc(-c2ccc(C=C(C#N)S(=O)(=O)c3ccc(C)cc3)o2)cc1. The zero-order valence-electron chi connectivity index (χ0n) is 16.5. The second-order valence-corrected chi connectivity index (χ2v) is 8.35. The van der Waals surface area contributed by atoms with Crippen molar-refractivity contribution in [1.29, 1.82) is 5.26 Å². The van der Waals surface area contributed by atoms with E-state index in [1.165, 1.54) is 18.2 Å². The molecule has 6 nitrogen and oxygen atoms in total. The zero-order valence-corrected chi connectivity index (χ0v) is 17.3. The lowest BCUT2D eigenvalue weighted by atomic mass is 10.1. The zero-order chi connectivity index (χ0) is 21.7.